The van der Waals surface area contributed by atoms with E-state index in [1.165, 1.54) is 12.1 Å². The Balaban J connectivity index is 2.11. The smallest absolute Gasteiger partial charge is 0.276 e. The number of halogens is 1. The molecule has 0 amide bonds. The fourth-order valence-electron chi connectivity index (χ4n) is 1.53. The number of aromatic nitrogens is 1. The molecular formula is C12H11ClN4O2. The fraction of sp³-hybridized carbons (Fsp3) is 0.0833. The Hall–Kier alpha value is -2.34. The molecule has 0 fully saturated rings. The standard InChI is InChI=1S/C12H11ClN4O2/c13-9-3-1-8(2-4-9)7-15-12-6-10(17(18)19)5-11(14)16-12/h1-6H,7H2,(H3,14,15,16). The zero-order valence-corrected chi connectivity index (χ0v) is 10.6. The van der Waals surface area contributed by atoms with Crippen LogP contribution in [0.2, 0.25) is 5.02 Å². The molecule has 0 aliphatic heterocycles. The molecule has 0 spiro atoms. The second-order valence-electron chi connectivity index (χ2n) is 3.87. The maximum absolute atomic E-state index is 10.7. The minimum Gasteiger partial charge on any atom is -0.383 e. The molecule has 1 aromatic heterocycles. The van der Waals surface area contributed by atoms with Gasteiger partial charge in [0.05, 0.1) is 17.1 Å². The van der Waals surface area contributed by atoms with E-state index in [0.29, 0.717) is 17.4 Å². The van der Waals surface area contributed by atoms with Crippen LogP contribution in [0.3, 0.4) is 0 Å². The quantitative estimate of drug-likeness (QED) is 0.662. The summed E-state index contributed by atoms with van der Waals surface area (Å²) < 4.78 is 0. The van der Waals surface area contributed by atoms with E-state index in [4.69, 9.17) is 17.3 Å². The highest BCUT2D eigenvalue weighted by Gasteiger charge is 2.09. The van der Waals surface area contributed by atoms with Gasteiger partial charge in [-0.15, -0.1) is 0 Å². The van der Waals surface area contributed by atoms with Crippen LogP contribution in [0, 0.1) is 10.1 Å². The van der Waals surface area contributed by atoms with Crippen LogP contribution in [0.5, 0.6) is 0 Å². The second kappa shape index (κ2) is 5.53. The number of nitrogens with one attached hydrogen (secondary N) is 1. The van der Waals surface area contributed by atoms with Crippen molar-refractivity contribution in [2.24, 2.45) is 0 Å². The number of nitrogen functional groups attached to an aromatic ring is 1. The van der Waals surface area contributed by atoms with Crippen molar-refractivity contribution < 1.29 is 4.92 Å². The van der Waals surface area contributed by atoms with Crippen molar-refractivity contribution in [2.75, 3.05) is 11.1 Å². The molecule has 0 aliphatic carbocycles. The molecular weight excluding hydrogens is 268 g/mol. The average Bonchev–Trinajstić information content (AvgIpc) is 2.37. The lowest BCUT2D eigenvalue weighted by Crippen LogP contribution is -2.04. The van der Waals surface area contributed by atoms with Crippen molar-refractivity contribution >= 4 is 28.9 Å². The minimum absolute atomic E-state index is 0.0916. The number of nitrogens with zero attached hydrogens (tertiary/aromatic N) is 2. The van der Waals surface area contributed by atoms with Gasteiger partial charge in [-0.2, -0.15) is 0 Å². The molecule has 0 unspecified atom stereocenters. The van der Waals surface area contributed by atoms with Crippen molar-refractivity contribution in [2.45, 2.75) is 6.54 Å². The zero-order valence-electron chi connectivity index (χ0n) is 9.84. The molecule has 1 aromatic carbocycles. The molecule has 0 saturated heterocycles. The SMILES string of the molecule is Nc1cc([N+](=O)[O-])cc(NCc2ccc(Cl)cc2)n1. The highest BCUT2D eigenvalue weighted by molar-refractivity contribution is 6.30. The summed E-state index contributed by atoms with van der Waals surface area (Å²) in [5.74, 6) is 0.467. The lowest BCUT2D eigenvalue weighted by atomic mass is 10.2. The van der Waals surface area contributed by atoms with E-state index in [1.54, 1.807) is 12.1 Å². The molecule has 3 N–H and O–H groups in total. The minimum atomic E-state index is -0.508. The summed E-state index contributed by atoms with van der Waals surface area (Å²) in [5, 5.41) is 14.3. The third-order valence-electron chi connectivity index (χ3n) is 2.43. The van der Waals surface area contributed by atoms with Crippen molar-refractivity contribution in [1.82, 2.24) is 4.98 Å². The number of nitrogens with two attached hydrogens (primary N) is 1. The normalized spacial score (nSPS) is 10.2. The topological polar surface area (TPSA) is 94.1 Å². The number of benzene rings is 1. The van der Waals surface area contributed by atoms with E-state index in [0.717, 1.165) is 5.56 Å². The van der Waals surface area contributed by atoms with Crippen LogP contribution >= 0.6 is 11.6 Å². The van der Waals surface area contributed by atoms with E-state index in [2.05, 4.69) is 10.3 Å². The van der Waals surface area contributed by atoms with Crippen LogP contribution in [0.25, 0.3) is 0 Å². The van der Waals surface area contributed by atoms with Gasteiger partial charge in [-0.05, 0) is 17.7 Å². The van der Waals surface area contributed by atoms with Gasteiger partial charge in [-0.3, -0.25) is 10.1 Å². The molecule has 7 heteroatoms. The summed E-state index contributed by atoms with van der Waals surface area (Å²) in [5.41, 5.74) is 6.40. The number of hydrogen-bond acceptors (Lipinski definition) is 5. The Bertz CT molecular complexity index is 601. The third-order valence-corrected chi connectivity index (χ3v) is 2.68. The Morgan fingerprint density at radius 1 is 1.32 bits per heavy atom. The van der Waals surface area contributed by atoms with Crippen molar-refractivity contribution in [3.05, 3.63) is 57.1 Å². The van der Waals surface area contributed by atoms with Gasteiger partial charge in [0.2, 0.25) is 0 Å². The van der Waals surface area contributed by atoms with Crippen LogP contribution in [-0.2, 0) is 6.54 Å². The second-order valence-corrected chi connectivity index (χ2v) is 4.31. The summed E-state index contributed by atoms with van der Waals surface area (Å²) >= 11 is 5.78. The van der Waals surface area contributed by atoms with Crippen LogP contribution in [-0.4, -0.2) is 9.91 Å². The summed E-state index contributed by atoms with van der Waals surface area (Å²) in [6, 6.07) is 9.81. The van der Waals surface area contributed by atoms with Crippen LogP contribution < -0.4 is 11.1 Å². The van der Waals surface area contributed by atoms with Gasteiger partial charge in [0.1, 0.15) is 11.6 Å². The fourth-order valence-corrected chi connectivity index (χ4v) is 1.65. The van der Waals surface area contributed by atoms with E-state index in [9.17, 15) is 10.1 Å². The predicted molar refractivity (Wildman–Crippen MR) is 74.1 cm³/mol. The maximum Gasteiger partial charge on any atom is 0.276 e. The monoisotopic (exact) mass is 278 g/mol. The van der Waals surface area contributed by atoms with Gasteiger partial charge in [-0.25, -0.2) is 4.98 Å². The van der Waals surface area contributed by atoms with Gasteiger partial charge >= 0.3 is 0 Å². The average molecular weight is 279 g/mol. The third kappa shape index (κ3) is 3.56. The number of rotatable bonds is 4. The van der Waals surface area contributed by atoms with Crippen molar-refractivity contribution in [3.63, 3.8) is 0 Å². The van der Waals surface area contributed by atoms with Gasteiger partial charge in [0, 0.05) is 11.6 Å². The van der Waals surface area contributed by atoms with Crippen LogP contribution in [0.4, 0.5) is 17.3 Å². The van der Waals surface area contributed by atoms with Crippen molar-refractivity contribution in [1.29, 1.82) is 0 Å². The van der Waals surface area contributed by atoms with E-state index in [1.807, 2.05) is 12.1 Å². The first-order valence-corrected chi connectivity index (χ1v) is 5.82. The molecule has 0 saturated carbocycles. The zero-order chi connectivity index (χ0) is 13.8. The number of hydrogen-bond donors (Lipinski definition) is 2. The molecule has 1 heterocycles. The molecule has 0 radical (unpaired) electrons. The summed E-state index contributed by atoms with van der Waals surface area (Å²) in [6.07, 6.45) is 0. The summed E-state index contributed by atoms with van der Waals surface area (Å²) in [6.45, 7) is 0.477. The molecule has 19 heavy (non-hydrogen) atoms. The largest absolute Gasteiger partial charge is 0.383 e. The maximum atomic E-state index is 10.7. The van der Waals surface area contributed by atoms with E-state index in [-0.39, 0.29) is 11.5 Å². The molecule has 0 aliphatic rings. The predicted octanol–water partition coefficient (Wildman–Crippen LogP) is 2.84. The van der Waals surface area contributed by atoms with Gasteiger partial charge in [-0.1, -0.05) is 23.7 Å². The lowest BCUT2D eigenvalue weighted by Gasteiger charge is -2.06. The van der Waals surface area contributed by atoms with Gasteiger partial charge in [0.25, 0.3) is 5.69 Å². The highest BCUT2D eigenvalue weighted by atomic mass is 35.5. The van der Waals surface area contributed by atoms with Crippen LogP contribution in [0.15, 0.2) is 36.4 Å². The Morgan fingerprint density at radius 3 is 2.63 bits per heavy atom. The Morgan fingerprint density at radius 2 is 2.00 bits per heavy atom. The summed E-state index contributed by atoms with van der Waals surface area (Å²) in [4.78, 5) is 14.2. The number of nitro groups is 1. The highest BCUT2D eigenvalue weighted by Crippen LogP contribution is 2.19. The number of pyridine rings is 1. The Kier molecular flexibility index (Phi) is 3.82. The van der Waals surface area contributed by atoms with Crippen LogP contribution in [0.1, 0.15) is 5.56 Å². The Labute approximate surface area is 114 Å². The lowest BCUT2D eigenvalue weighted by molar-refractivity contribution is -0.384. The number of anilines is 2. The molecule has 0 bridgehead atoms. The molecule has 2 aromatic rings. The first-order chi connectivity index (χ1) is 9.04. The molecule has 0 atom stereocenters. The molecule has 6 nitrogen and oxygen atoms in total. The van der Waals surface area contributed by atoms with Gasteiger partial charge in [0.15, 0.2) is 0 Å². The summed E-state index contributed by atoms with van der Waals surface area (Å²) in [7, 11) is 0. The van der Waals surface area contributed by atoms with E-state index >= 15 is 0 Å². The van der Waals surface area contributed by atoms with Crippen molar-refractivity contribution in [3.8, 4) is 0 Å². The molecule has 2 rings (SSSR count). The molecule has 98 valence electrons. The van der Waals surface area contributed by atoms with E-state index < -0.39 is 4.92 Å². The van der Waals surface area contributed by atoms with Gasteiger partial charge < -0.3 is 11.1 Å². The first kappa shape index (κ1) is 13.1. The first-order valence-electron chi connectivity index (χ1n) is 5.45.